The van der Waals surface area contributed by atoms with Gasteiger partial charge in [-0.25, -0.2) is 0 Å². The monoisotopic (exact) mass is 262 g/mol. The SMILES string of the molecule is O=C(O)CCCC(CC(C(=O)O)C(=O)O)C(=O)O. The number of carbonyl (C=O) groups is 4. The predicted octanol–water partition coefficient (Wildman–Crippen LogP) is 0.118. The first kappa shape index (κ1) is 15.9. The minimum atomic E-state index is -1.80. The van der Waals surface area contributed by atoms with Gasteiger partial charge in [0.05, 0.1) is 5.92 Å². The van der Waals surface area contributed by atoms with Crippen LogP contribution in [-0.2, 0) is 19.2 Å². The molecule has 0 saturated heterocycles. The lowest BCUT2D eigenvalue weighted by Crippen LogP contribution is -2.28. The number of hydrogen-bond donors (Lipinski definition) is 4. The Bertz CT molecular complexity index is 334. The molecular formula is C10H14O8. The summed E-state index contributed by atoms with van der Waals surface area (Å²) in [4.78, 5) is 42.3. The van der Waals surface area contributed by atoms with Crippen LogP contribution >= 0.6 is 0 Å². The van der Waals surface area contributed by atoms with E-state index < -0.39 is 42.1 Å². The van der Waals surface area contributed by atoms with E-state index in [4.69, 9.17) is 20.4 Å². The van der Waals surface area contributed by atoms with E-state index in [1.165, 1.54) is 0 Å². The first-order valence-corrected chi connectivity index (χ1v) is 5.16. The van der Waals surface area contributed by atoms with Crippen LogP contribution in [0, 0.1) is 11.8 Å². The summed E-state index contributed by atoms with van der Waals surface area (Å²) < 4.78 is 0. The second kappa shape index (κ2) is 7.25. The van der Waals surface area contributed by atoms with Crippen molar-refractivity contribution in [2.45, 2.75) is 25.7 Å². The van der Waals surface area contributed by atoms with Crippen molar-refractivity contribution in [2.24, 2.45) is 11.8 Å². The molecule has 1 unspecified atom stereocenters. The van der Waals surface area contributed by atoms with Crippen molar-refractivity contribution in [3.63, 3.8) is 0 Å². The van der Waals surface area contributed by atoms with Crippen LogP contribution in [0.5, 0.6) is 0 Å². The molecule has 0 aliphatic rings. The third-order valence-corrected chi connectivity index (χ3v) is 2.41. The van der Waals surface area contributed by atoms with Gasteiger partial charge >= 0.3 is 23.9 Å². The zero-order valence-corrected chi connectivity index (χ0v) is 9.40. The van der Waals surface area contributed by atoms with Crippen LogP contribution in [0.3, 0.4) is 0 Å². The van der Waals surface area contributed by atoms with Crippen molar-refractivity contribution in [3.05, 3.63) is 0 Å². The Balaban J connectivity index is 4.51. The lowest BCUT2D eigenvalue weighted by atomic mass is 9.90. The number of carboxylic acid groups (broad SMARTS) is 4. The topological polar surface area (TPSA) is 149 Å². The molecule has 0 bridgehead atoms. The van der Waals surface area contributed by atoms with E-state index in [0.717, 1.165) is 0 Å². The Labute approximate surface area is 102 Å². The number of aliphatic carboxylic acids is 4. The van der Waals surface area contributed by atoms with E-state index in [1.54, 1.807) is 0 Å². The average Bonchev–Trinajstić information content (AvgIpc) is 2.20. The molecule has 0 heterocycles. The fraction of sp³-hybridized carbons (Fsp3) is 0.600. The standard InChI is InChI=1S/C10H14O8/c11-7(12)3-1-2-5(8(13)14)4-6(9(15)16)10(17)18/h5-6H,1-4H2,(H,11,12)(H,13,14)(H,15,16)(H,17,18). The lowest BCUT2D eigenvalue weighted by Gasteiger charge is -2.14. The Morgan fingerprint density at radius 2 is 1.33 bits per heavy atom. The first-order chi connectivity index (χ1) is 8.25. The highest BCUT2D eigenvalue weighted by Crippen LogP contribution is 2.19. The molecule has 0 aromatic rings. The van der Waals surface area contributed by atoms with Crippen molar-refractivity contribution in [1.29, 1.82) is 0 Å². The quantitative estimate of drug-likeness (QED) is 0.428. The van der Waals surface area contributed by atoms with Gasteiger partial charge < -0.3 is 20.4 Å². The summed E-state index contributed by atoms with van der Waals surface area (Å²) in [7, 11) is 0. The van der Waals surface area contributed by atoms with E-state index in [1.807, 2.05) is 0 Å². The van der Waals surface area contributed by atoms with Gasteiger partial charge in [0.2, 0.25) is 0 Å². The number of hydrogen-bond acceptors (Lipinski definition) is 4. The maximum absolute atomic E-state index is 10.8. The molecule has 18 heavy (non-hydrogen) atoms. The van der Waals surface area contributed by atoms with Crippen molar-refractivity contribution < 1.29 is 39.6 Å². The summed E-state index contributed by atoms with van der Waals surface area (Å²) in [5.74, 6) is -8.60. The van der Waals surface area contributed by atoms with Gasteiger partial charge in [-0.1, -0.05) is 0 Å². The molecule has 0 radical (unpaired) electrons. The highest BCUT2D eigenvalue weighted by Gasteiger charge is 2.32. The van der Waals surface area contributed by atoms with E-state index in [0.29, 0.717) is 0 Å². The third-order valence-electron chi connectivity index (χ3n) is 2.41. The van der Waals surface area contributed by atoms with Crippen molar-refractivity contribution >= 4 is 23.9 Å². The molecule has 0 aromatic carbocycles. The van der Waals surface area contributed by atoms with Gasteiger partial charge in [-0.2, -0.15) is 0 Å². The van der Waals surface area contributed by atoms with Crippen molar-refractivity contribution in [2.75, 3.05) is 0 Å². The molecule has 0 spiro atoms. The average molecular weight is 262 g/mol. The highest BCUT2D eigenvalue weighted by atomic mass is 16.4. The van der Waals surface area contributed by atoms with Crippen molar-refractivity contribution in [3.8, 4) is 0 Å². The maximum atomic E-state index is 10.8. The molecule has 8 heteroatoms. The Morgan fingerprint density at radius 1 is 0.833 bits per heavy atom. The molecule has 0 fully saturated rings. The summed E-state index contributed by atoms with van der Waals surface area (Å²) in [5, 5.41) is 34.4. The minimum absolute atomic E-state index is 0.0538. The van der Waals surface area contributed by atoms with Gasteiger partial charge in [0.1, 0.15) is 0 Å². The highest BCUT2D eigenvalue weighted by molar-refractivity contribution is 5.93. The zero-order chi connectivity index (χ0) is 14.3. The molecular weight excluding hydrogens is 248 g/mol. The summed E-state index contributed by atoms with van der Waals surface area (Å²) in [5.41, 5.74) is 0. The normalized spacial score (nSPS) is 12.1. The van der Waals surface area contributed by atoms with Gasteiger partial charge in [0.25, 0.3) is 0 Å². The van der Waals surface area contributed by atoms with E-state index >= 15 is 0 Å². The molecule has 0 saturated carbocycles. The molecule has 0 rings (SSSR count). The summed E-state index contributed by atoms with van der Waals surface area (Å²) in [6.07, 6.45) is -0.814. The van der Waals surface area contributed by atoms with Crippen LogP contribution in [0.2, 0.25) is 0 Å². The molecule has 1 atom stereocenters. The van der Waals surface area contributed by atoms with Crippen LogP contribution in [0.25, 0.3) is 0 Å². The van der Waals surface area contributed by atoms with Gasteiger partial charge in [0, 0.05) is 6.42 Å². The fourth-order valence-electron chi connectivity index (χ4n) is 1.43. The van der Waals surface area contributed by atoms with Gasteiger partial charge in [-0.15, -0.1) is 0 Å². The third kappa shape index (κ3) is 5.83. The lowest BCUT2D eigenvalue weighted by molar-refractivity contribution is -0.156. The number of rotatable bonds is 9. The number of carboxylic acids is 4. The predicted molar refractivity (Wildman–Crippen MR) is 56.0 cm³/mol. The van der Waals surface area contributed by atoms with Crippen LogP contribution in [-0.4, -0.2) is 44.3 Å². The summed E-state index contributed by atoms with van der Waals surface area (Å²) in [6, 6.07) is 0. The molecule has 0 aliphatic carbocycles. The molecule has 0 amide bonds. The molecule has 102 valence electrons. The molecule has 4 N–H and O–H groups in total. The first-order valence-electron chi connectivity index (χ1n) is 5.16. The van der Waals surface area contributed by atoms with Crippen LogP contribution in [0.1, 0.15) is 25.7 Å². The van der Waals surface area contributed by atoms with Gasteiger partial charge in [-0.05, 0) is 19.3 Å². The molecule has 0 aromatic heterocycles. The second-order valence-corrected chi connectivity index (χ2v) is 3.79. The summed E-state index contributed by atoms with van der Waals surface area (Å²) in [6.45, 7) is 0. The van der Waals surface area contributed by atoms with Crippen molar-refractivity contribution in [1.82, 2.24) is 0 Å². The second-order valence-electron chi connectivity index (χ2n) is 3.79. The van der Waals surface area contributed by atoms with E-state index in [9.17, 15) is 19.2 Å². The fourth-order valence-corrected chi connectivity index (χ4v) is 1.43. The Hall–Kier alpha value is -2.12. The smallest absolute Gasteiger partial charge is 0.317 e. The largest absolute Gasteiger partial charge is 0.481 e. The molecule has 8 nitrogen and oxygen atoms in total. The van der Waals surface area contributed by atoms with Gasteiger partial charge in [-0.3, -0.25) is 19.2 Å². The summed E-state index contributed by atoms with van der Waals surface area (Å²) >= 11 is 0. The van der Waals surface area contributed by atoms with Crippen LogP contribution < -0.4 is 0 Å². The van der Waals surface area contributed by atoms with E-state index in [-0.39, 0.29) is 19.3 Å². The van der Waals surface area contributed by atoms with E-state index in [2.05, 4.69) is 0 Å². The Morgan fingerprint density at radius 3 is 1.67 bits per heavy atom. The van der Waals surface area contributed by atoms with Crippen LogP contribution in [0.15, 0.2) is 0 Å². The van der Waals surface area contributed by atoms with Crippen LogP contribution in [0.4, 0.5) is 0 Å². The maximum Gasteiger partial charge on any atom is 0.317 e. The zero-order valence-electron chi connectivity index (χ0n) is 9.40. The Kier molecular flexibility index (Phi) is 6.40. The molecule has 0 aliphatic heterocycles. The minimum Gasteiger partial charge on any atom is -0.481 e. The van der Waals surface area contributed by atoms with Gasteiger partial charge in [0.15, 0.2) is 5.92 Å².